The van der Waals surface area contributed by atoms with Gasteiger partial charge in [-0.2, -0.15) is 0 Å². The molecular formula is C79H59Br2Cl5F5I3N14O15. The predicted molar refractivity (Wildman–Crippen MR) is 487 cm³/mol. The Bertz CT molecular complexity index is 6200. The van der Waals surface area contributed by atoms with Crippen molar-refractivity contribution < 1.29 is 89.5 Å². The third kappa shape index (κ3) is 24.0. The lowest BCUT2D eigenvalue weighted by Crippen LogP contribution is -2.12. The van der Waals surface area contributed by atoms with Crippen LogP contribution in [0.1, 0.15) is 79.6 Å². The Morgan fingerprint density at radius 1 is 0.423 bits per heavy atom. The lowest BCUT2D eigenvalue weighted by atomic mass is 10.0. The highest BCUT2D eigenvalue weighted by Gasteiger charge is 2.29. The van der Waals surface area contributed by atoms with E-state index in [0.29, 0.717) is 58.2 Å². The molecule has 44 heteroatoms. The number of nitrogen functional groups attached to an aromatic ring is 6. The third-order valence-corrected chi connectivity index (χ3v) is 22.0. The summed E-state index contributed by atoms with van der Waals surface area (Å²) in [6.45, 7) is 5.28. The van der Waals surface area contributed by atoms with Crippen molar-refractivity contribution in [3.8, 4) is 73.4 Å². The highest BCUT2D eigenvalue weighted by molar-refractivity contribution is 14.1. The van der Waals surface area contributed by atoms with Gasteiger partial charge in [0.25, 0.3) is 5.69 Å². The van der Waals surface area contributed by atoms with Gasteiger partial charge in [-0.15, -0.1) is 0 Å². The number of nitrogens with two attached hydrogens (primary N) is 6. The number of carboxylic acids is 2. The number of non-ortho nitro benzene ring substituents is 1. The Hall–Kier alpha value is -10.8. The molecule has 0 bridgehead atoms. The van der Waals surface area contributed by atoms with E-state index >= 15 is 0 Å². The minimum Gasteiger partial charge on any atom is -0.491 e. The Labute approximate surface area is 776 Å². The van der Waals surface area contributed by atoms with E-state index in [4.69, 9.17) is 107 Å². The molecule has 0 saturated carbocycles. The van der Waals surface area contributed by atoms with Gasteiger partial charge >= 0.3 is 35.8 Å². The molecule has 14 N–H and O–H groups in total. The van der Waals surface area contributed by atoms with E-state index < -0.39 is 97.4 Å². The highest BCUT2D eigenvalue weighted by atomic mass is 127. The number of nitro benzene ring substituents is 1. The maximum atomic E-state index is 14.2. The number of aromatic nitrogens is 7. The molecular weight excluding hydrogens is 2200 g/mol. The Balaban J connectivity index is 0.000000203. The first-order valence-electron chi connectivity index (χ1n) is 33.7. The first kappa shape index (κ1) is 99.3. The fraction of sp³-hybridized carbons (Fsp3) is 0.101. The quantitative estimate of drug-likeness (QED) is 0.0125. The van der Waals surface area contributed by atoms with E-state index in [1.807, 2.05) is 123 Å². The first-order chi connectivity index (χ1) is 57.9. The SMILES string of the molecule is COC(=O)c1nc(-c2ccc(Br)cc2)c(C)c(N)c1Cl.COC(=O)c1nc(-c2ccc(I)c(F)c2)c(C)c(N)c1Cl.COC(=O)c1nc(-c2ccc(I)cc2F)nc(N)c1OC.COC(=O)c1nc(-c2ccc([N+](=O)[O-])cc2F)c(F)c(N)c1Cl.Cc1c(-c2ccc(Br)cc2)nc(C(=O)O)c(Cl)c1N.Nc1cc(-c2ccc(I)c(F)c2)nc(C(=O)O)c1Cl. The first-order valence-corrected chi connectivity index (χ1v) is 40.4. The van der Waals surface area contributed by atoms with E-state index in [9.17, 15) is 60.8 Å². The summed E-state index contributed by atoms with van der Waals surface area (Å²) in [7, 11) is 6.07. The molecule has 12 aromatic rings. The fourth-order valence-corrected chi connectivity index (χ4v) is 13.1. The summed E-state index contributed by atoms with van der Waals surface area (Å²) in [6.07, 6.45) is 0. The monoisotopic (exact) mass is 2250 g/mol. The molecule has 0 spiro atoms. The number of aromatic carboxylic acids is 2. The topological polar surface area (TPSA) is 479 Å². The minimum atomic E-state index is -1.29. The van der Waals surface area contributed by atoms with Gasteiger partial charge in [0.15, 0.2) is 57.4 Å². The van der Waals surface area contributed by atoms with Crippen LogP contribution in [0.2, 0.25) is 25.1 Å². The summed E-state index contributed by atoms with van der Waals surface area (Å²) >= 11 is 41.9. The average Bonchev–Trinajstić information content (AvgIpc) is 0.775. The number of hydrogen-bond donors (Lipinski definition) is 8. The van der Waals surface area contributed by atoms with Crippen LogP contribution in [0.15, 0.2) is 136 Å². The van der Waals surface area contributed by atoms with Crippen LogP contribution in [0.25, 0.3) is 67.7 Å². The molecule has 0 fully saturated rings. The molecule has 0 radical (unpaired) electrons. The molecule has 123 heavy (non-hydrogen) atoms. The van der Waals surface area contributed by atoms with Gasteiger partial charge in [0, 0.05) is 53.5 Å². The van der Waals surface area contributed by atoms with Crippen LogP contribution >= 0.6 is 158 Å². The number of ether oxygens (including phenoxy) is 5. The van der Waals surface area contributed by atoms with E-state index in [2.05, 4.69) is 85.7 Å². The van der Waals surface area contributed by atoms with Gasteiger partial charge in [-0.3, -0.25) is 10.1 Å². The predicted octanol–water partition coefficient (Wildman–Crippen LogP) is 20.1. The summed E-state index contributed by atoms with van der Waals surface area (Å²) in [5.41, 5.74) is 38.4. The number of carbonyl (C=O) groups is 6. The van der Waals surface area contributed by atoms with E-state index in [1.165, 1.54) is 58.8 Å². The molecule has 0 amide bonds. The molecule has 6 aromatic heterocycles. The second-order valence-corrected chi connectivity index (χ2v) is 31.6. The van der Waals surface area contributed by atoms with Crippen molar-refractivity contribution in [3.63, 3.8) is 0 Å². The summed E-state index contributed by atoms with van der Waals surface area (Å²) in [5.74, 6) is -9.18. The van der Waals surface area contributed by atoms with Gasteiger partial charge in [-0.1, -0.05) is 126 Å². The molecule has 0 saturated heterocycles. The van der Waals surface area contributed by atoms with Crippen LogP contribution in [0.4, 0.5) is 61.9 Å². The lowest BCUT2D eigenvalue weighted by molar-refractivity contribution is -0.385. The van der Waals surface area contributed by atoms with Gasteiger partial charge in [0.2, 0.25) is 0 Å². The zero-order valence-corrected chi connectivity index (χ0v) is 77.5. The number of nitrogens with zero attached hydrogens (tertiary/aromatic N) is 8. The molecule has 29 nitrogen and oxygen atoms in total. The standard InChI is InChI=1S/C14H12BrClN2O2.C14H11ClFIN2O2.C13H10BrClN2O2.C13H8ClF2N3O4.C13H11FIN3O3.C12H7ClFIN2O2/c1-7-11(17)10(16)13(14(19)20-2)18-12(7)8-3-5-9(15)6-4-8;1-6-11(18)10(15)13(14(20)21-2)19-12(6)7-3-4-9(17)8(16)5-7;1-6-10(16)9(15)12(13(18)19)17-11(6)7-2-4-8(14)5-3-7;1-23-13(20)12-8(14)10(17)9(16)11(18-12)6-3-2-5(19(21)22)4-7(6)15;1-20-10-9(13(19)21-2)17-12(18-11(10)16)7-4-3-6(15)5-8(7)14;13-10-8(16)4-9(17-11(10)12(18)19)5-1-2-7(15)6(14)3-5/h3-6H,1-2H3,(H2,17,18);3-5H,1-2H3,(H2,18,19);2-5H,1H3,(H2,16,17)(H,18,19);2-4H,1H3,(H2,17,18);3-5H,1-2H3,(H2,16,17,18);1-4H,(H2,16,17)(H,18,19). The number of nitro groups is 1. The number of carbonyl (C=O) groups excluding carboxylic acids is 4. The van der Waals surface area contributed by atoms with Crippen molar-refractivity contribution in [2.75, 3.05) is 70.0 Å². The van der Waals surface area contributed by atoms with E-state index in [-0.39, 0.29) is 100 Å². The number of rotatable bonds is 14. The minimum absolute atomic E-state index is 0.00322. The molecule has 6 aromatic carbocycles. The second-order valence-electron chi connectivity index (χ2n) is 24.3. The van der Waals surface area contributed by atoms with Crippen LogP contribution in [-0.4, -0.2) is 121 Å². The van der Waals surface area contributed by atoms with Crippen molar-refractivity contribution in [2.24, 2.45) is 0 Å². The number of carboxylic acid groups (broad SMARTS) is 2. The average molecular weight is 2260 g/mol. The summed E-state index contributed by atoms with van der Waals surface area (Å²) in [4.78, 5) is 107. The Morgan fingerprint density at radius 3 is 1.21 bits per heavy atom. The van der Waals surface area contributed by atoms with Gasteiger partial charge in [-0.25, -0.2) is 85.6 Å². The molecule has 640 valence electrons. The maximum absolute atomic E-state index is 14.2. The lowest BCUT2D eigenvalue weighted by Gasteiger charge is -2.13. The molecule has 0 aliphatic carbocycles. The van der Waals surface area contributed by atoms with Gasteiger partial charge in [-0.05, 0) is 184 Å². The van der Waals surface area contributed by atoms with Crippen molar-refractivity contribution in [1.29, 1.82) is 0 Å². The normalized spacial score (nSPS) is 10.4. The molecule has 12 rings (SSSR count). The Kier molecular flexibility index (Phi) is 35.5. The van der Waals surface area contributed by atoms with Gasteiger partial charge in [0.1, 0.15) is 29.0 Å². The van der Waals surface area contributed by atoms with Crippen LogP contribution in [0.3, 0.4) is 0 Å². The van der Waals surface area contributed by atoms with Crippen LogP contribution in [0.5, 0.6) is 5.75 Å². The number of halogens is 15. The zero-order valence-electron chi connectivity index (χ0n) is 64.0. The number of methoxy groups -OCH3 is 5. The van der Waals surface area contributed by atoms with E-state index in [1.54, 1.807) is 44.2 Å². The van der Waals surface area contributed by atoms with Crippen LogP contribution < -0.4 is 39.1 Å². The Morgan fingerprint density at radius 2 is 0.797 bits per heavy atom. The molecule has 0 unspecified atom stereocenters. The smallest absolute Gasteiger partial charge is 0.360 e. The number of hydrogen-bond acceptors (Lipinski definition) is 26. The molecule has 0 atom stereocenters. The summed E-state index contributed by atoms with van der Waals surface area (Å²) < 4.78 is 96.3. The van der Waals surface area contributed by atoms with Crippen LogP contribution in [0, 0.1) is 70.7 Å². The third-order valence-electron chi connectivity index (χ3n) is 16.6. The van der Waals surface area contributed by atoms with Gasteiger partial charge < -0.3 is 68.3 Å². The van der Waals surface area contributed by atoms with E-state index in [0.717, 1.165) is 48.4 Å². The number of esters is 4. The van der Waals surface area contributed by atoms with Crippen LogP contribution in [-0.2, 0) is 18.9 Å². The maximum Gasteiger partial charge on any atom is 0.360 e. The van der Waals surface area contributed by atoms with Crippen molar-refractivity contribution in [2.45, 2.75) is 20.8 Å². The zero-order chi connectivity index (χ0) is 91.8. The highest BCUT2D eigenvalue weighted by Crippen LogP contribution is 2.40. The van der Waals surface area contributed by atoms with Gasteiger partial charge in [0.05, 0.1) is 128 Å². The number of benzene rings is 6. The number of pyridine rings is 5. The molecule has 0 aliphatic heterocycles. The molecule has 6 heterocycles. The summed E-state index contributed by atoms with van der Waals surface area (Å²) in [6, 6.07) is 32.5. The number of anilines is 6. The summed E-state index contributed by atoms with van der Waals surface area (Å²) in [5, 5.41) is 28.2. The van der Waals surface area contributed by atoms with Crippen molar-refractivity contribution >= 4 is 233 Å². The largest absolute Gasteiger partial charge is 0.491 e. The van der Waals surface area contributed by atoms with Crippen molar-refractivity contribution in [1.82, 2.24) is 34.9 Å². The molecule has 0 aliphatic rings. The fourth-order valence-electron chi connectivity index (χ4n) is 10.3. The second kappa shape index (κ2) is 44.0. The van der Waals surface area contributed by atoms with Crippen molar-refractivity contribution in [3.05, 3.63) is 262 Å².